The highest BCUT2D eigenvalue weighted by molar-refractivity contribution is 5.48. The Balaban J connectivity index is 2.34. The lowest BCUT2D eigenvalue weighted by atomic mass is 10.3. The molecule has 0 aliphatic carbocycles. The molecular formula is C10H11N5O. The van der Waals surface area contributed by atoms with Gasteiger partial charge in [0.1, 0.15) is 5.69 Å². The van der Waals surface area contributed by atoms with Crippen LogP contribution in [0.4, 0.5) is 0 Å². The van der Waals surface area contributed by atoms with Crippen molar-refractivity contribution in [1.82, 2.24) is 20.2 Å². The standard InChI is InChI=1S/C10H11N5O/c1-16-9-3-2-8(14-15-9)10-12-5-4-7(6-11)13-10/h2-5H,6,11H2,1H3. The second-order valence-corrected chi connectivity index (χ2v) is 3.04. The van der Waals surface area contributed by atoms with Gasteiger partial charge in [-0.15, -0.1) is 10.2 Å². The molecule has 0 saturated carbocycles. The van der Waals surface area contributed by atoms with Gasteiger partial charge in [0.15, 0.2) is 5.82 Å². The van der Waals surface area contributed by atoms with E-state index in [1.807, 2.05) is 0 Å². The lowest BCUT2D eigenvalue weighted by Crippen LogP contribution is -2.02. The first-order valence-corrected chi connectivity index (χ1v) is 4.73. The van der Waals surface area contributed by atoms with Gasteiger partial charge in [0.05, 0.1) is 12.8 Å². The highest BCUT2D eigenvalue weighted by Gasteiger charge is 2.04. The predicted octanol–water partition coefficient (Wildman–Crippen LogP) is 0.401. The summed E-state index contributed by atoms with van der Waals surface area (Å²) >= 11 is 0. The number of aromatic nitrogens is 4. The molecule has 82 valence electrons. The van der Waals surface area contributed by atoms with Crippen LogP contribution in [0.3, 0.4) is 0 Å². The van der Waals surface area contributed by atoms with Gasteiger partial charge in [0.25, 0.3) is 0 Å². The maximum atomic E-state index is 5.50. The summed E-state index contributed by atoms with van der Waals surface area (Å²) < 4.78 is 4.92. The second kappa shape index (κ2) is 4.63. The van der Waals surface area contributed by atoms with Gasteiger partial charge in [-0.25, -0.2) is 9.97 Å². The molecule has 16 heavy (non-hydrogen) atoms. The van der Waals surface area contributed by atoms with Gasteiger partial charge in [-0.3, -0.25) is 0 Å². The van der Waals surface area contributed by atoms with Crippen molar-refractivity contribution < 1.29 is 4.74 Å². The normalized spacial score (nSPS) is 10.1. The van der Waals surface area contributed by atoms with Crippen LogP contribution in [0.1, 0.15) is 5.69 Å². The summed E-state index contributed by atoms with van der Waals surface area (Å²) in [5.41, 5.74) is 6.86. The van der Waals surface area contributed by atoms with Crippen molar-refractivity contribution in [3.8, 4) is 17.4 Å². The maximum absolute atomic E-state index is 5.50. The largest absolute Gasteiger partial charge is 0.480 e. The fourth-order valence-electron chi connectivity index (χ4n) is 1.18. The van der Waals surface area contributed by atoms with Crippen LogP contribution in [0.25, 0.3) is 11.5 Å². The highest BCUT2D eigenvalue weighted by atomic mass is 16.5. The van der Waals surface area contributed by atoms with E-state index in [2.05, 4.69) is 20.2 Å². The van der Waals surface area contributed by atoms with Crippen LogP contribution < -0.4 is 10.5 Å². The Bertz CT molecular complexity index is 471. The monoisotopic (exact) mass is 217 g/mol. The van der Waals surface area contributed by atoms with Gasteiger partial charge in [-0.1, -0.05) is 0 Å². The van der Waals surface area contributed by atoms with E-state index in [1.165, 1.54) is 7.11 Å². The van der Waals surface area contributed by atoms with E-state index in [1.54, 1.807) is 24.4 Å². The third-order valence-corrected chi connectivity index (χ3v) is 2.00. The van der Waals surface area contributed by atoms with Gasteiger partial charge >= 0.3 is 0 Å². The molecule has 0 aliphatic rings. The van der Waals surface area contributed by atoms with Crippen molar-refractivity contribution >= 4 is 0 Å². The van der Waals surface area contributed by atoms with E-state index in [9.17, 15) is 0 Å². The van der Waals surface area contributed by atoms with Crippen molar-refractivity contribution in [2.45, 2.75) is 6.54 Å². The van der Waals surface area contributed by atoms with Gasteiger partial charge < -0.3 is 10.5 Å². The molecule has 2 N–H and O–H groups in total. The van der Waals surface area contributed by atoms with Crippen molar-refractivity contribution in [3.05, 3.63) is 30.1 Å². The molecule has 2 aromatic rings. The number of ether oxygens (including phenoxy) is 1. The van der Waals surface area contributed by atoms with E-state index in [0.29, 0.717) is 23.9 Å². The quantitative estimate of drug-likeness (QED) is 0.800. The van der Waals surface area contributed by atoms with Crippen LogP contribution in [0, 0.1) is 0 Å². The Labute approximate surface area is 92.5 Å². The topological polar surface area (TPSA) is 86.8 Å². The molecule has 0 fully saturated rings. The fourth-order valence-corrected chi connectivity index (χ4v) is 1.18. The van der Waals surface area contributed by atoms with Crippen LogP contribution in [-0.2, 0) is 6.54 Å². The number of nitrogens with two attached hydrogens (primary N) is 1. The zero-order valence-corrected chi connectivity index (χ0v) is 8.79. The molecule has 0 saturated heterocycles. The Morgan fingerprint density at radius 3 is 2.75 bits per heavy atom. The van der Waals surface area contributed by atoms with E-state index in [4.69, 9.17) is 10.5 Å². The summed E-state index contributed by atoms with van der Waals surface area (Å²) in [4.78, 5) is 8.34. The molecule has 2 heterocycles. The molecule has 0 bridgehead atoms. The molecule has 2 aromatic heterocycles. The third kappa shape index (κ3) is 2.12. The average molecular weight is 217 g/mol. The molecule has 6 nitrogen and oxygen atoms in total. The second-order valence-electron chi connectivity index (χ2n) is 3.04. The molecular weight excluding hydrogens is 206 g/mol. The van der Waals surface area contributed by atoms with Crippen molar-refractivity contribution in [3.63, 3.8) is 0 Å². The molecule has 0 atom stereocenters. The van der Waals surface area contributed by atoms with Crippen LogP contribution in [0.2, 0.25) is 0 Å². The SMILES string of the molecule is COc1ccc(-c2nccc(CN)n2)nn1. The Hall–Kier alpha value is -2.08. The molecule has 6 heteroatoms. The Morgan fingerprint density at radius 1 is 1.25 bits per heavy atom. The number of rotatable bonds is 3. The minimum Gasteiger partial charge on any atom is -0.480 e. The van der Waals surface area contributed by atoms with Crippen LogP contribution in [-0.4, -0.2) is 27.3 Å². The number of nitrogens with zero attached hydrogens (tertiary/aromatic N) is 4. The maximum Gasteiger partial charge on any atom is 0.233 e. The average Bonchev–Trinajstić information content (AvgIpc) is 2.39. The molecule has 0 aliphatic heterocycles. The minimum atomic E-state index is 0.374. The first-order valence-electron chi connectivity index (χ1n) is 4.73. The molecule has 0 unspecified atom stereocenters. The lowest BCUT2D eigenvalue weighted by Gasteiger charge is -2.01. The molecule has 0 amide bonds. The molecule has 0 aromatic carbocycles. The Kier molecular flexibility index (Phi) is 3.02. The van der Waals surface area contributed by atoms with Gasteiger partial charge in [-0.05, 0) is 12.1 Å². The lowest BCUT2D eigenvalue weighted by molar-refractivity contribution is 0.392. The summed E-state index contributed by atoms with van der Waals surface area (Å²) in [6, 6.07) is 5.22. The van der Waals surface area contributed by atoms with Gasteiger partial charge in [-0.2, -0.15) is 0 Å². The van der Waals surface area contributed by atoms with Crippen LogP contribution >= 0.6 is 0 Å². The number of hydrogen-bond acceptors (Lipinski definition) is 6. The van der Waals surface area contributed by atoms with E-state index < -0.39 is 0 Å². The summed E-state index contributed by atoms with van der Waals surface area (Å²) in [6.07, 6.45) is 1.65. The van der Waals surface area contributed by atoms with E-state index in [0.717, 1.165) is 5.69 Å². The number of methoxy groups -OCH3 is 1. The Morgan fingerprint density at radius 2 is 2.12 bits per heavy atom. The summed E-state index contributed by atoms with van der Waals surface area (Å²) in [6.45, 7) is 0.374. The first kappa shape index (κ1) is 10.4. The number of hydrogen-bond donors (Lipinski definition) is 1. The zero-order chi connectivity index (χ0) is 11.4. The first-order chi connectivity index (χ1) is 7.83. The van der Waals surface area contributed by atoms with E-state index in [-0.39, 0.29) is 0 Å². The predicted molar refractivity (Wildman–Crippen MR) is 57.5 cm³/mol. The van der Waals surface area contributed by atoms with Gasteiger partial charge in [0.2, 0.25) is 5.88 Å². The molecule has 0 radical (unpaired) electrons. The minimum absolute atomic E-state index is 0.374. The van der Waals surface area contributed by atoms with Gasteiger partial charge in [0, 0.05) is 18.8 Å². The summed E-state index contributed by atoms with van der Waals surface area (Å²) in [7, 11) is 1.54. The zero-order valence-electron chi connectivity index (χ0n) is 8.79. The van der Waals surface area contributed by atoms with Crippen LogP contribution in [0.5, 0.6) is 5.88 Å². The summed E-state index contributed by atoms with van der Waals surface area (Å²) in [5.74, 6) is 0.969. The highest BCUT2D eigenvalue weighted by Crippen LogP contribution is 2.12. The smallest absolute Gasteiger partial charge is 0.233 e. The molecule has 0 spiro atoms. The van der Waals surface area contributed by atoms with Crippen LogP contribution in [0.15, 0.2) is 24.4 Å². The van der Waals surface area contributed by atoms with Crippen molar-refractivity contribution in [2.75, 3.05) is 7.11 Å². The molecule has 2 rings (SSSR count). The fraction of sp³-hybridized carbons (Fsp3) is 0.200. The third-order valence-electron chi connectivity index (χ3n) is 2.00. The summed E-state index contributed by atoms with van der Waals surface area (Å²) in [5, 5.41) is 7.80. The van der Waals surface area contributed by atoms with Crippen molar-refractivity contribution in [1.29, 1.82) is 0 Å². The van der Waals surface area contributed by atoms with Crippen molar-refractivity contribution in [2.24, 2.45) is 5.73 Å². The van der Waals surface area contributed by atoms with E-state index >= 15 is 0 Å².